The van der Waals surface area contributed by atoms with E-state index in [1.807, 2.05) is 18.2 Å². The molecule has 1 aliphatic heterocycles. The van der Waals surface area contributed by atoms with Gasteiger partial charge in [-0.1, -0.05) is 6.07 Å². The number of carbonyl (C=O) groups excluding carboxylic acids is 1. The van der Waals surface area contributed by atoms with Crippen molar-refractivity contribution in [2.24, 2.45) is 0 Å². The predicted octanol–water partition coefficient (Wildman–Crippen LogP) is 2.66. The summed E-state index contributed by atoms with van der Waals surface area (Å²) in [5.74, 6) is 0.681. The average molecular weight is 336 g/mol. The number of hydrogen-bond donors (Lipinski definition) is 3. The van der Waals surface area contributed by atoms with E-state index < -0.39 is 0 Å². The van der Waals surface area contributed by atoms with Gasteiger partial charge in [-0.05, 0) is 30.3 Å². The second-order valence-electron chi connectivity index (χ2n) is 5.81. The van der Waals surface area contributed by atoms with Gasteiger partial charge in [0, 0.05) is 29.7 Å². The van der Waals surface area contributed by atoms with E-state index in [2.05, 4.69) is 20.5 Å². The van der Waals surface area contributed by atoms with Crippen LogP contribution in [0, 0.1) is 0 Å². The number of fused-ring (bicyclic) bond motifs is 1. The van der Waals surface area contributed by atoms with E-state index >= 15 is 0 Å². The van der Waals surface area contributed by atoms with Gasteiger partial charge in [0.1, 0.15) is 11.5 Å². The number of hydrogen-bond acceptors (Lipinski definition) is 5. The highest BCUT2D eigenvalue weighted by Gasteiger charge is 2.33. The van der Waals surface area contributed by atoms with Crippen molar-refractivity contribution in [3.8, 4) is 22.9 Å². The molecule has 1 amide bonds. The molecule has 1 aromatic carbocycles. The van der Waals surface area contributed by atoms with Gasteiger partial charge in [-0.2, -0.15) is 5.10 Å². The van der Waals surface area contributed by atoms with E-state index in [4.69, 9.17) is 4.74 Å². The van der Waals surface area contributed by atoms with E-state index in [0.717, 1.165) is 17.0 Å². The Hall–Kier alpha value is -3.35. The van der Waals surface area contributed by atoms with E-state index in [1.54, 1.807) is 31.5 Å². The number of rotatable bonds is 3. The van der Waals surface area contributed by atoms with Crippen molar-refractivity contribution in [3.63, 3.8) is 0 Å². The molecule has 0 saturated carbocycles. The summed E-state index contributed by atoms with van der Waals surface area (Å²) in [6.07, 6.45) is 1.90. The third-order valence-electron chi connectivity index (χ3n) is 4.33. The molecule has 0 fully saturated rings. The van der Waals surface area contributed by atoms with E-state index in [0.29, 0.717) is 17.1 Å². The van der Waals surface area contributed by atoms with Gasteiger partial charge in [0.2, 0.25) is 5.91 Å². The third kappa shape index (κ3) is 2.59. The zero-order valence-corrected chi connectivity index (χ0v) is 13.5. The van der Waals surface area contributed by atoms with Crippen LogP contribution in [0.15, 0.2) is 42.6 Å². The number of amides is 1. The molecule has 0 radical (unpaired) electrons. The van der Waals surface area contributed by atoms with Crippen molar-refractivity contribution >= 4 is 11.7 Å². The number of aromatic nitrogens is 3. The molecule has 7 heteroatoms. The molecular formula is C18H16N4O3. The maximum Gasteiger partial charge on any atom is 0.226 e. The molecular weight excluding hydrogens is 320 g/mol. The first kappa shape index (κ1) is 15.2. The van der Waals surface area contributed by atoms with Gasteiger partial charge >= 0.3 is 0 Å². The Balaban J connectivity index is 1.90. The van der Waals surface area contributed by atoms with Crippen LogP contribution in [0.3, 0.4) is 0 Å². The average Bonchev–Trinajstić information content (AvgIpc) is 3.06. The van der Waals surface area contributed by atoms with Crippen LogP contribution >= 0.6 is 0 Å². The Kier molecular flexibility index (Phi) is 3.61. The summed E-state index contributed by atoms with van der Waals surface area (Å²) < 4.78 is 5.26. The summed E-state index contributed by atoms with van der Waals surface area (Å²) in [6.45, 7) is 0. The van der Waals surface area contributed by atoms with Crippen LogP contribution in [0.4, 0.5) is 5.82 Å². The van der Waals surface area contributed by atoms with Gasteiger partial charge in [0.05, 0.1) is 18.5 Å². The molecule has 1 atom stereocenters. The van der Waals surface area contributed by atoms with Gasteiger partial charge in [-0.25, -0.2) is 0 Å². The lowest BCUT2D eigenvalue weighted by Gasteiger charge is -2.24. The molecule has 1 aliphatic rings. The molecule has 126 valence electrons. The number of aromatic hydroxyl groups is 1. The number of pyridine rings is 1. The third-order valence-corrected chi connectivity index (χ3v) is 4.33. The highest BCUT2D eigenvalue weighted by molar-refractivity contribution is 5.96. The summed E-state index contributed by atoms with van der Waals surface area (Å²) in [4.78, 5) is 16.5. The summed E-state index contributed by atoms with van der Waals surface area (Å²) in [5.41, 5.74) is 2.87. The van der Waals surface area contributed by atoms with Gasteiger partial charge in [0.25, 0.3) is 0 Å². The number of H-pyrrole nitrogens is 1. The standard InChI is InChI=1S/C18H16N4O3/c1-25-10-5-6-14(23)11(8-10)12-9-15(24)20-18-16(12)17(21-22-18)13-4-2-3-7-19-13/h2-8,12,23H,9H2,1H3,(H2,20,21,22,24)/t12-/m1/s1. The minimum Gasteiger partial charge on any atom is -0.508 e. The van der Waals surface area contributed by atoms with Crippen LogP contribution in [-0.2, 0) is 4.79 Å². The number of aromatic amines is 1. The van der Waals surface area contributed by atoms with Crippen molar-refractivity contribution < 1.29 is 14.6 Å². The second kappa shape index (κ2) is 5.94. The molecule has 4 rings (SSSR count). The molecule has 0 aliphatic carbocycles. The van der Waals surface area contributed by atoms with Gasteiger partial charge in [-0.15, -0.1) is 0 Å². The van der Waals surface area contributed by atoms with Crippen molar-refractivity contribution in [1.29, 1.82) is 0 Å². The van der Waals surface area contributed by atoms with Crippen molar-refractivity contribution in [3.05, 3.63) is 53.7 Å². The molecule has 0 spiro atoms. The predicted molar refractivity (Wildman–Crippen MR) is 91.6 cm³/mol. The fraction of sp³-hybridized carbons (Fsp3) is 0.167. The molecule has 7 nitrogen and oxygen atoms in total. The number of benzene rings is 1. The van der Waals surface area contributed by atoms with E-state index in [9.17, 15) is 9.90 Å². The highest BCUT2D eigenvalue weighted by atomic mass is 16.5. The number of nitrogens with one attached hydrogen (secondary N) is 2. The lowest BCUT2D eigenvalue weighted by atomic mass is 9.84. The van der Waals surface area contributed by atoms with E-state index in [-0.39, 0.29) is 24.0 Å². The lowest BCUT2D eigenvalue weighted by Crippen LogP contribution is -2.23. The van der Waals surface area contributed by atoms with Crippen molar-refractivity contribution in [2.75, 3.05) is 12.4 Å². The number of phenolic OH excluding ortho intramolecular Hbond substituents is 1. The summed E-state index contributed by atoms with van der Waals surface area (Å²) in [5, 5.41) is 20.3. The molecule has 2 aromatic heterocycles. The Morgan fingerprint density at radius 2 is 2.16 bits per heavy atom. The van der Waals surface area contributed by atoms with Crippen LogP contribution in [0.25, 0.3) is 11.4 Å². The smallest absolute Gasteiger partial charge is 0.226 e. The molecule has 3 heterocycles. The maximum atomic E-state index is 12.1. The zero-order valence-electron chi connectivity index (χ0n) is 13.5. The van der Waals surface area contributed by atoms with E-state index in [1.165, 1.54) is 0 Å². The SMILES string of the molecule is COc1ccc(O)c([C@H]2CC(=O)Nc3n[nH]c(-c4ccccn4)c32)c1. The minimum absolute atomic E-state index is 0.111. The van der Waals surface area contributed by atoms with Crippen LogP contribution in [0.2, 0.25) is 0 Å². The summed E-state index contributed by atoms with van der Waals surface area (Å²) in [7, 11) is 1.56. The van der Waals surface area contributed by atoms with Gasteiger partial charge in [0.15, 0.2) is 5.82 Å². The lowest BCUT2D eigenvalue weighted by molar-refractivity contribution is -0.116. The zero-order chi connectivity index (χ0) is 17.4. The van der Waals surface area contributed by atoms with Crippen LogP contribution in [-0.4, -0.2) is 33.3 Å². The Labute approximate surface area is 143 Å². The number of nitrogens with zero attached hydrogens (tertiary/aromatic N) is 2. The quantitative estimate of drug-likeness (QED) is 0.683. The normalized spacial score (nSPS) is 16.2. The Morgan fingerprint density at radius 1 is 1.28 bits per heavy atom. The first-order chi connectivity index (χ1) is 12.2. The fourth-order valence-electron chi connectivity index (χ4n) is 3.17. The molecule has 0 unspecified atom stereocenters. The first-order valence-corrected chi connectivity index (χ1v) is 7.83. The van der Waals surface area contributed by atoms with Crippen LogP contribution in [0.5, 0.6) is 11.5 Å². The molecule has 3 N–H and O–H groups in total. The first-order valence-electron chi connectivity index (χ1n) is 7.83. The number of ether oxygens (including phenoxy) is 1. The largest absolute Gasteiger partial charge is 0.508 e. The Bertz CT molecular complexity index is 937. The fourth-order valence-corrected chi connectivity index (χ4v) is 3.17. The molecule has 25 heavy (non-hydrogen) atoms. The van der Waals surface area contributed by atoms with Crippen LogP contribution < -0.4 is 10.1 Å². The molecule has 3 aromatic rings. The summed E-state index contributed by atoms with van der Waals surface area (Å²) >= 11 is 0. The Morgan fingerprint density at radius 3 is 2.92 bits per heavy atom. The number of methoxy groups -OCH3 is 1. The topological polar surface area (TPSA) is 100 Å². The maximum absolute atomic E-state index is 12.1. The molecule has 0 bridgehead atoms. The monoisotopic (exact) mass is 336 g/mol. The van der Waals surface area contributed by atoms with Crippen molar-refractivity contribution in [1.82, 2.24) is 15.2 Å². The number of carbonyl (C=O) groups is 1. The minimum atomic E-state index is -0.352. The second-order valence-corrected chi connectivity index (χ2v) is 5.81. The van der Waals surface area contributed by atoms with Crippen molar-refractivity contribution in [2.45, 2.75) is 12.3 Å². The number of anilines is 1. The van der Waals surface area contributed by atoms with Crippen LogP contribution in [0.1, 0.15) is 23.5 Å². The highest BCUT2D eigenvalue weighted by Crippen LogP contribution is 2.44. The van der Waals surface area contributed by atoms with Gasteiger partial charge < -0.3 is 15.2 Å². The number of phenols is 1. The molecule has 0 saturated heterocycles. The van der Waals surface area contributed by atoms with Gasteiger partial charge in [-0.3, -0.25) is 14.9 Å². The summed E-state index contributed by atoms with van der Waals surface area (Å²) in [6, 6.07) is 10.6.